The van der Waals surface area contributed by atoms with Gasteiger partial charge in [0.25, 0.3) is 5.91 Å². The summed E-state index contributed by atoms with van der Waals surface area (Å²) in [6.45, 7) is 4.48. The Morgan fingerprint density at radius 2 is 1.97 bits per heavy atom. The van der Waals surface area contributed by atoms with E-state index in [1.807, 2.05) is 42.7 Å². The van der Waals surface area contributed by atoms with E-state index in [1.54, 1.807) is 29.2 Å². The van der Waals surface area contributed by atoms with Gasteiger partial charge < -0.3 is 14.6 Å². The molecule has 0 unspecified atom stereocenters. The van der Waals surface area contributed by atoms with Gasteiger partial charge in [0, 0.05) is 17.3 Å². The number of ether oxygens (including phenoxy) is 1. The number of carbonyl (C=O) groups is 2. The summed E-state index contributed by atoms with van der Waals surface area (Å²) in [5, 5.41) is 12.7. The van der Waals surface area contributed by atoms with Crippen molar-refractivity contribution in [2.24, 2.45) is 0 Å². The van der Waals surface area contributed by atoms with E-state index in [1.165, 1.54) is 11.8 Å². The van der Waals surface area contributed by atoms with Gasteiger partial charge in [0.2, 0.25) is 5.91 Å². The summed E-state index contributed by atoms with van der Waals surface area (Å²) < 4.78 is 7.47. The first kappa shape index (κ1) is 22.2. The molecular formula is C22H22ClN5O3S. The Kier molecular flexibility index (Phi) is 6.66. The predicted octanol–water partition coefficient (Wildman–Crippen LogP) is 4.17. The number of hydrogen-bond donors (Lipinski definition) is 1. The summed E-state index contributed by atoms with van der Waals surface area (Å²) in [5.41, 5.74) is 1.38. The Hall–Kier alpha value is -3.04. The molecule has 10 heteroatoms. The molecule has 3 aromatic rings. The summed E-state index contributed by atoms with van der Waals surface area (Å²) in [6, 6.07) is 14.0. The van der Waals surface area contributed by atoms with Crippen molar-refractivity contribution in [2.45, 2.75) is 31.6 Å². The lowest BCUT2D eigenvalue weighted by Crippen LogP contribution is -2.41. The molecule has 0 saturated carbocycles. The Morgan fingerprint density at radius 3 is 2.72 bits per heavy atom. The molecular weight excluding hydrogens is 450 g/mol. The van der Waals surface area contributed by atoms with Gasteiger partial charge in [-0.15, -0.1) is 10.2 Å². The quantitative estimate of drug-likeness (QED) is 0.520. The van der Waals surface area contributed by atoms with Crippen molar-refractivity contribution in [1.29, 1.82) is 0 Å². The van der Waals surface area contributed by atoms with Crippen molar-refractivity contribution < 1.29 is 14.3 Å². The van der Waals surface area contributed by atoms with Crippen LogP contribution >= 0.6 is 23.4 Å². The van der Waals surface area contributed by atoms with Crippen LogP contribution in [-0.2, 0) is 16.1 Å². The number of amides is 2. The Bertz CT molecular complexity index is 1130. The van der Waals surface area contributed by atoms with Crippen LogP contribution < -0.4 is 15.0 Å². The Balaban J connectivity index is 1.49. The number of rotatable bonds is 7. The highest BCUT2D eigenvalue weighted by Crippen LogP contribution is 2.37. The standard InChI is InChI=1S/C22H22ClN5O3S/c1-3-27-21(14(2)28-17-6-4-5-7-18(17)31-12-20(28)30)25-26-22(27)32-13-19(29)24-16-10-8-15(23)9-11-16/h4-11,14H,3,12-13H2,1-2H3,(H,24,29)/t14-/m0/s1. The van der Waals surface area contributed by atoms with Gasteiger partial charge in [0.05, 0.1) is 17.5 Å². The van der Waals surface area contributed by atoms with Crippen molar-refractivity contribution >= 4 is 46.6 Å². The molecule has 1 aromatic heterocycles. The minimum absolute atomic E-state index is 0.0198. The fraction of sp³-hybridized carbons (Fsp3) is 0.273. The molecule has 1 atom stereocenters. The maximum absolute atomic E-state index is 12.7. The first-order valence-corrected chi connectivity index (χ1v) is 11.5. The number of nitrogens with zero attached hydrogens (tertiary/aromatic N) is 4. The van der Waals surface area contributed by atoms with E-state index in [4.69, 9.17) is 16.3 Å². The van der Waals surface area contributed by atoms with Crippen LogP contribution in [0.5, 0.6) is 5.75 Å². The van der Waals surface area contributed by atoms with Crippen LogP contribution in [0, 0.1) is 0 Å². The second-order valence-electron chi connectivity index (χ2n) is 7.12. The van der Waals surface area contributed by atoms with Gasteiger partial charge >= 0.3 is 0 Å². The van der Waals surface area contributed by atoms with Gasteiger partial charge in [0.1, 0.15) is 5.75 Å². The van der Waals surface area contributed by atoms with Crippen LogP contribution in [0.4, 0.5) is 11.4 Å². The number of thioether (sulfide) groups is 1. The van der Waals surface area contributed by atoms with Gasteiger partial charge in [-0.3, -0.25) is 14.5 Å². The van der Waals surface area contributed by atoms with Crippen LogP contribution in [-0.4, -0.2) is 38.9 Å². The summed E-state index contributed by atoms with van der Waals surface area (Å²) >= 11 is 7.17. The molecule has 0 bridgehead atoms. The third-order valence-electron chi connectivity index (χ3n) is 5.03. The smallest absolute Gasteiger partial charge is 0.265 e. The largest absolute Gasteiger partial charge is 0.482 e. The summed E-state index contributed by atoms with van der Waals surface area (Å²) in [4.78, 5) is 26.7. The van der Waals surface area contributed by atoms with Gasteiger partial charge in [-0.25, -0.2) is 0 Å². The number of nitrogens with one attached hydrogen (secondary N) is 1. The number of para-hydroxylation sites is 2. The van der Waals surface area contributed by atoms with Crippen LogP contribution in [0.1, 0.15) is 25.7 Å². The van der Waals surface area contributed by atoms with Crippen molar-refractivity contribution in [3.05, 3.63) is 59.4 Å². The van der Waals surface area contributed by atoms with Gasteiger partial charge in [-0.05, 0) is 50.2 Å². The van der Waals surface area contributed by atoms with Crippen molar-refractivity contribution in [3.8, 4) is 5.75 Å². The highest BCUT2D eigenvalue weighted by molar-refractivity contribution is 7.99. The van der Waals surface area contributed by atoms with Crippen LogP contribution in [0.25, 0.3) is 0 Å². The third-order valence-corrected chi connectivity index (χ3v) is 6.25. The molecule has 166 valence electrons. The molecule has 0 aliphatic carbocycles. The molecule has 0 saturated heterocycles. The molecule has 1 aliphatic rings. The number of halogens is 1. The average molecular weight is 472 g/mol. The van der Waals surface area contributed by atoms with Gasteiger partial charge in [-0.2, -0.15) is 0 Å². The Labute approximate surface area is 194 Å². The second-order valence-corrected chi connectivity index (χ2v) is 8.50. The maximum Gasteiger partial charge on any atom is 0.265 e. The third kappa shape index (κ3) is 4.58. The topological polar surface area (TPSA) is 89.4 Å². The highest BCUT2D eigenvalue weighted by atomic mass is 35.5. The molecule has 1 N–H and O–H groups in total. The molecule has 2 amide bonds. The monoisotopic (exact) mass is 471 g/mol. The molecule has 32 heavy (non-hydrogen) atoms. The molecule has 8 nitrogen and oxygen atoms in total. The zero-order valence-electron chi connectivity index (χ0n) is 17.6. The van der Waals surface area contributed by atoms with Gasteiger partial charge in [0.15, 0.2) is 17.6 Å². The Morgan fingerprint density at radius 1 is 1.22 bits per heavy atom. The summed E-state index contributed by atoms with van der Waals surface area (Å²) in [7, 11) is 0. The molecule has 0 fully saturated rings. The van der Waals surface area contributed by atoms with Crippen molar-refractivity contribution in [1.82, 2.24) is 14.8 Å². The van der Waals surface area contributed by atoms with Gasteiger partial charge in [-0.1, -0.05) is 35.5 Å². The first-order chi connectivity index (χ1) is 15.5. The maximum atomic E-state index is 12.7. The zero-order valence-corrected chi connectivity index (χ0v) is 19.2. The lowest BCUT2D eigenvalue weighted by atomic mass is 10.1. The number of aromatic nitrogens is 3. The summed E-state index contributed by atoms with van der Waals surface area (Å²) in [5.74, 6) is 1.19. The number of fused-ring (bicyclic) bond motifs is 1. The van der Waals surface area contributed by atoms with Crippen molar-refractivity contribution in [3.63, 3.8) is 0 Å². The fourth-order valence-electron chi connectivity index (χ4n) is 3.54. The normalized spacial score (nSPS) is 14.0. The minimum atomic E-state index is -0.350. The van der Waals surface area contributed by atoms with E-state index in [0.717, 1.165) is 0 Å². The van der Waals surface area contributed by atoms with Crippen molar-refractivity contribution in [2.75, 3.05) is 22.6 Å². The van der Waals surface area contributed by atoms with E-state index in [-0.39, 0.29) is 30.2 Å². The number of anilines is 2. The number of hydrogen-bond acceptors (Lipinski definition) is 6. The molecule has 1 aliphatic heterocycles. The molecule has 0 spiro atoms. The van der Waals surface area contributed by atoms with E-state index in [9.17, 15) is 9.59 Å². The van der Waals surface area contributed by atoms with Crippen LogP contribution in [0.2, 0.25) is 5.02 Å². The molecule has 2 aromatic carbocycles. The fourth-order valence-corrected chi connectivity index (χ4v) is 4.47. The zero-order chi connectivity index (χ0) is 22.7. The number of carbonyl (C=O) groups excluding carboxylic acids is 2. The lowest BCUT2D eigenvalue weighted by molar-refractivity contribution is -0.121. The molecule has 0 radical (unpaired) electrons. The predicted molar refractivity (Wildman–Crippen MR) is 124 cm³/mol. The SMILES string of the molecule is CCn1c(SCC(=O)Nc2ccc(Cl)cc2)nnc1[C@H](C)N1C(=O)COc2ccccc21. The van der Waals surface area contributed by atoms with E-state index in [0.29, 0.717) is 39.7 Å². The average Bonchev–Trinajstić information content (AvgIpc) is 3.22. The number of benzene rings is 2. The van der Waals surface area contributed by atoms with Crippen LogP contribution in [0.3, 0.4) is 0 Å². The van der Waals surface area contributed by atoms with E-state index in [2.05, 4.69) is 15.5 Å². The summed E-state index contributed by atoms with van der Waals surface area (Å²) in [6.07, 6.45) is 0. The van der Waals surface area contributed by atoms with Crippen LogP contribution in [0.15, 0.2) is 53.7 Å². The van der Waals surface area contributed by atoms with E-state index >= 15 is 0 Å². The molecule has 4 rings (SSSR count). The minimum Gasteiger partial charge on any atom is -0.482 e. The second kappa shape index (κ2) is 9.62. The molecule has 2 heterocycles. The van der Waals surface area contributed by atoms with E-state index < -0.39 is 0 Å². The highest BCUT2D eigenvalue weighted by Gasteiger charge is 2.33. The lowest BCUT2D eigenvalue weighted by Gasteiger charge is -2.33. The first-order valence-electron chi connectivity index (χ1n) is 10.1.